The summed E-state index contributed by atoms with van der Waals surface area (Å²) in [6.45, 7) is 1.60. The van der Waals surface area contributed by atoms with Crippen molar-refractivity contribution in [2.45, 2.75) is 19.8 Å². The zero-order chi connectivity index (χ0) is 12.9. The summed E-state index contributed by atoms with van der Waals surface area (Å²) in [6.07, 6.45) is 0.566. The van der Waals surface area contributed by atoms with E-state index in [1.165, 1.54) is 0 Å². The Balaban J connectivity index is 2.55. The molecular formula is C12H17NO3S. The third-order valence-corrected chi connectivity index (χ3v) is 4.35. The van der Waals surface area contributed by atoms with Crippen molar-refractivity contribution < 1.29 is 13.2 Å². The smallest absolute Gasteiger partial charge is 0.164 e. The lowest BCUT2D eigenvalue weighted by Crippen LogP contribution is -2.11. The highest BCUT2D eigenvalue weighted by atomic mass is 32.2. The van der Waals surface area contributed by atoms with Gasteiger partial charge >= 0.3 is 0 Å². The number of para-hydroxylation sites is 1. The third kappa shape index (κ3) is 4.19. The third-order valence-electron chi connectivity index (χ3n) is 2.56. The second-order valence-electron chi connectivity index (χ2n) is 3.85. The van der Waals surface area contributed by atoms with Crippen LogP contribution in [0, 0.1) is 0 Å². The summed E-state index contributed by atoms with van der Waals surface area (Å²) in [7, 11) is -2.99. The maximum Gasteiger partial charge on any atom is 0.164 e. The fraction of sp³-hybridized carbons (Fsp3) is 0.417. The molecule has 0 heterocycles. The first-order valence-electron chi connectivity index (χ1n) is 5.54. The number of nitrogen functional groups attached to an aromatic ring is 1. The van der Waals surface area contributed by atoms with Crippen LogP contribution in [0.3, 0.4) is 0 Å². The van der Waals surface area contributed by atoms with Crippen LogP contribution in [0.4, 0.5) is 5.69 Å². The van der Waals surface area contributed by atoms with Gasteiger partial charge in [0, 0.05) is 23.4 Å². The fourth-order valence-corrected chi connectivity index (χ4v) is 2.36. The maximum atomic E-state index is 11.8. The Morgan fingerprint density at radius 1 is 1.29 bits per heavy atom. The standard InChI is InChI=1S/C12H17NO3S/c1-2-17(15,16)9-5-8-12(14)10-6-3-4-7-11(10)13/h3-4,6-7H,2,5,8-9,13H2,1H3. The summed E-state index contributed by atoms with van der Waals surface area (Å²) < 4.78 is 22.5. The van der Waals surface area contributed by atoms with Gasteiger partial charge in [0.25, 0.3) is 0 Å². The Bertz CT molecular complexity index is 494. The molecule has 2 N–H and O–H groups in total. The van der Waals surface area contributed by atoms with E-state index in [0.29, 0.717) is 17.7 Å². The van der Waals surface area contributed by atoms with Gasteiger partial charge in [-0.1, -0.05) is 19.1 Å². The van der Waals surface area contributed by atoms with Crippen LogP contribution in [-0.2, 0) is 9.84 Å². The van der Waals surface area contributed by atoms with E-state index in [2.05, 4.69) is 0 Å². The molecule has 1 aromatic rings. The minimum atomic E-state index is -2.99. The van der Waals surface area contributed by atoms with Gasteiger partial charge in [-0.15, -0.1) is 0 Å². The first kappa shape index (κ1) is 13.7. The van der Waals surface area contributed by atoms with Crippen LogP contribution in [0.25, 0.3) is 0 Å². The van der Waals surface area contributed by atoms with Crippen LogP contribution in [0.2, 0.25) is 0 Å². The van der Waals surface area contributed by atoms with Crippen molar-refractivity contribution in [3.8, 4) is 0 Å². The number of anilines is 1. The van der Waals surface area contributed by atoms with E-state index in [4.69, 9.17) is 5.73 Å². The zero-order valence-corrected chi connectivity index (χ0v) is 10.7. The average molecular weight is 255 g/mol. The Hall–Kier alpha value is -1.36. The van der Waals surface area contributed by atoms with Crippen molar-refractivity contribution in [1.29, 1.82) is 0 Å². The predicted molar refractivity (Wildman–Crippen MR) is 68.7 cm³/mol. The van der Waals surface area contributed by atoms with Gasteiger partial charge in [-0.05, 0) is 18.6 Å². The lowest BCUT2D eigenvalue weighted by Gasteiger charge is -2.04. The number of carbonyl (C=O) groups is 1. The van der Waals surface area contributed by atoms with E-state index in [9.17, 15) is 13.2 Å². The Kier molecular flexibility index (Phi) is 4.69. The van der Waals surface area contributed by atoms with Crippen LogP contribution < -0.4 is 5.73 Å². The second kappa shape index (κ2) is 5.82. The summed E-state index contributed by atoms with van der Waals surface area (Å²) >= 11 is 0. The molecule has 0 aliphatic heterocycles. The van der Waals surface area contributed by atoms with E-state index in [0.717, 1.165) is 0 Å². The summed E-state index contributed by atoms with van der Waals surface area (Å²) in [5.74, 6) is 0.0748. The van der Waals surface area contributed by atoms with Crippen molar-refractivity contribution >= 4 is 21.3 Å². The van der Waals surface area contributed by atoms with Gasteiger partial charge in [-0.25, -0.2) is 8.42 Å². The fourth-order valence-electron chi connectivity index (χ4n) is 1.48. The highest BCUT2D eigenvalue weighted by molar-refractivity contribution is 7.91. The van der Waals surface area contributed by atoms with Gasteiger partial charge in [0.1, 0.15) is 9.84 Å². The molecule has 1 rings (SSSR count). The number of nitrogens with two attached hydrogens (primary N) is 1. The summed E-state index contributed by atoms with van der Waals surface area (Å²) in [5.41, 5.74) is 6.58. The van der Waals surface area contributed by atoms with Gasteiger partial charge < -0.3 is 5.73 Å². The van der Waals surface area contributed by atoms with Crippen LogP contribution in [0.15, 0.2) is 24.3 Å². The number of benzene rings is 1. The van der Waals surface area contributed by atoms with Gasteiger partial charge in [-0.3, -0.25) is 4.79 Å². The molecule has 0 radical (unpaired) electrons. The minimum absolute atomic E-state index is 0.0575. The number of sulfone groups is 1. The SMILES string of the molecule is CCS(=O)(=O)CCCC(=O)c1ccccc1N. The van der Waals surface area contributed by atoms with Gasteiger partial charge in [0.05, 0.1) is 5.75 Å². The first-order chi connectivity index (χ1) is 7.96. The van der Waals surface area contributed by atoms with E-state index in [1.54, 1.807) is 31.2 Å². The number of hydrogen-bond donors (Lipinski definition) is 1. The predicted octanol–water partition coefficient (Wildman–Crippen LogP) is 1.67. The number of ketones is 1. The Labute approximate surface area is 102 Å². The van der Waals surface area contributed by atoms with Crippen molar-refractivity contribution in [3.63, 3.8) is 0 Å². The molecule has 17 heavy (non-hydrogen) atoms. The maximum absolute atomic E-state index is 11.8. The molecule has 4 nitrogen and oxygen atoms in total. The quantitative estimate of drug-likeness (QED) is 0.619. The minimum Gasteiger partial charge on any atom is -0.398 e. The molecule has 0 aliphatic rings. The summed E-state index contributed by atoms with van der Waals surface area (Å²) in [5, 5.41) is 0. The highest BCUT2D eigenvalue weighted by Crippen LogP contribution is 2.14. The Morgan fingerprint density at radius 3 is 2.53 bits per heavy atom. The first-order valence-corrected chi connectivity index (χ1v) is 7.36. The van der Waals surface area contributed by atoms with Crippen molar-refractivity contribution in [2.24, 2.45) is 0 Å². The van der Waals surface area contributed by atoms with Crippen molar-refractivity contribution in [1.82, 2.24) is 0 Å². The van der Waals surface area contributed by atoms with E-state index < -0.39 is 9.84 Å². The molecule has 0 unspecified atom stereocenters. The normalized spacial score (nSPS) is 11.4. The van der Waals surface area contributed by atoms with Crippen LogP contribution in [0.5, 0.6) is 0 Å². The largest absolute Gasteiger partial charge is 0.398 e. The molecular weight excluding hydrogens is 238 g/mol. The molecule has 0 saturated carbocycles. The molecule has 0 amide bonds. The average Bonchev–Trinajstić information content (AvgIpc) is 2.29. The number of rotatable bonds is 6. The van der Waals surface area contributed by atoms with E-state index in [1.807, 2.05) is 0 Å². The van der Waals surface area contributed by atoms with Crippen LogP contribution in [0.1, 0.15) is 30.1 Å². The molecule has 0 fully saturated rings. The molecule has 0 spiro atoms. The number of carbonyl (C=O) groups excluding carboxylic acids is 1. The van der Waals surface area contributed by atoms with E-state index >= 15 is 0 Å². The Morgan fingerprint density at radius 2 is 1.94 bits per heavy atom. The highest BCUT2D eigenvalue weighted by Gasteiger charge is 2.12. The monoisotopic (exact) mass is 255 g/mol. The molecule has 0 bridgehead atoms. The van der Waals surface area contributed by atoms with Gasteiger partial charge in [0.15, 0.2) is 5.78 Å². The molecule has 0 aliphatic carbocycles. The zero-order valence-electron chi connectivity index (χ0n) is 9.85. The van der Waals surface area contributed by atoms with Crippen LogP contribution >= 0.6 is 0 Å². The van der Waals surface area contributed by atoms with Crippen LogP contribution in [-0.4, -0.2) is 25.7 Å². The summed E-state index contributed by atoms with van der Waals surface area (Å²) in [4.78, 5) is 11.8. The molecule has 0 saturated heterocycles. The molecule has 94 valence electrons. The van der Waals surface area contributed by atoms with Gasteiger partial charge in [-0.2, -0.15) is 0 Å². The number of hydrogen-bond acceptors (Lipinski definition) is 4. The van der Waals surface area contributed by atoms with Gasteiger partial charge in [0.2, 0.25) is 0 Å². The van der Waals surface area contributed by atoms with Crippen molar-refractivity contribution in [2.75, 3.05) is 17.2 Å². The molecule has 0 atom stereocenters. The molecule has 5 heteroatoms. The lowest BCUT2D eigenvalue weighted by atomic mass is 10.1. The molecule has 0 aromatic heterocycles. The number of Topliss-reactive ketones (excluding diaryl/α,β-unsaturated/α-hetero) is 1. The topological polar surface area (TPSA) is 77.2 Å². The second-order valence-corrected chi connectivity index (χ2v) is 6.32. The van der Waals surface area contributed by atoms with Crippen molar-refractivity contribution in [3.05, 3.63) is 29.8 Å². The lowest BCUT2D eigenvalue weighted by molar-refractivity contribution is 0.0983. The summed E-state index contributed by atoms with van der Waals surface area (Å²) in [6, 6.07) is 6.82. The van der Waals surface area contributed by atoms with E-state index in [-0.39, 0.29) is 23.7 Å². The molecule has 1 aromatic carbocycles.